The minimum atomic E-state index is -0.860. The number of amides is 4. The predicted octanol–water partition coefficient (Wildman–Crippen LogP) is 0.838. The highest BCUT2D eigenvalue weighted by molar-refractivity contribution is 6.33. The van der Waals surface area contributed by atoms with Crippen LogP contribution in [-0.4, -0.2) is 47.8 Å². The summed E-state index contributed by atoms with van der Waals surface area (Å²) in [5.74, 6) is -4.00. The summed E-state index contributed by atoms with van der Waals surface area (Å²) in [6.45, 7) is -0.759. The largest absolute Gasteiger partial charge is 0.455 e. The van der Waals surface area contributed by atoms with Crippen LogP contribution in [0, 0.1) is 5.92 Å². The molecule has 1 atom stereocenters. The van der Waals surface area contributed by atoms with Gasteiger partial charge in [0.25, 0.3) is 17.7 Å². The molecule has 10 nitrogen and oxygen atoms in total. The van der Waals surface area contributed by atoms with Crippen LogP contribution in [0.15, 0.2) is 54.6 Å². The topological polar surface area (TPSA) is 134 Å². The van der Waals surface area contributed by atoms with Crippen molar-refractivity contribution in [1.82, 2.24) is 21.3 Å². The monoisotopic (exact) mass is 458 g/mol. The minimum Gasteiger partial charge on any atom is -0.455 e. The molecule has 0 aromatic heterocycles. The first kappa shape index (κ1) is 22.8. The summed E-state index contributed by atoms with van der Waals surface area (Å²) in [6, 6.07) is 14.5. The summed E-state index contributed by atoms with van der Waals surface area (Å²) in [6.07, 6.45) is -0.187. The number of hydrogen-bond acceptors (Lipinski definition) is 6. The van der Waals surface area contributed by atoms with Crippen LogP contribution >= 0.6 is 11.6 Å². The highest BCUT2D eigenvalue weighted by atomic mass is 35.5. The zero-order valence-corrected chi connectivity index (χ0v) is 17.4. The molecule has 4 amide bonds. The number of rotatable bonds is 6. The lowest BCUT2D eigenvalue weighted by Crippen LogP contribution is -2.44. The highest BCUT2D eigenvalue weighted by Crippen LogP contribution is 2.19. The number of carbonyl (C=O) groups is 5. The molecule has 0 spiro atoms. The molecule has 1 saturated heterocycles. The number of ether oxygens (including phenoxy) is 1. The third-order valence-corrected chi connectivity index (χ3v) is 4.84. The molecule has 0 unspecified atom stereocenters. The summed E-state index contributed by atoms with van der Waals surface area (Å²) in [5.41, 5.74) is 7.26. The van der Waals surface area contributed by atoms with Gasteiger partial charge in [-0.1, -0.05) is 41.9 Å². The molecular weight excluding hydrogens is 440 g/mol. The van der Waals surface area contributed by atoms with E-state index in [1.165, 1.54) is 12.1 Å². The van der Waals surface area contributed by atoms with Crippen LogP contribution in [0.3, 0.4) is 0 Å². The van der Waals surface area contributed by atoms with Gasteiger partial charge in [-0.25, -0.2) is 0 Å². The number of nitrogens with one attached hydrogen (secondary N) is 3. The molecule has 0 aliphatic carbocycles. The van der Waals surface area contributed by atoms with Gasteiger partial charge < -0.3 is 4.74 Å². The van der Waals surface area contributed by atoms with E-state index in [1.54, 1.807) is 42.5 Å². The molecule has 1 fully saturated rings. The van der Waals surface area contributed by atoms with E-state index >= 15 is 0 Å². The molecular formula is C21H19ClN4O6. The van der Waals surface area contributed by atoms with Crippen LogP contribution in [-0.2, 0) is 19.1 Å². The van der Waals surface area contributed by atoms with Gasteiger partial charge in [0.15, 0.2) is 6.61 Å². The average Bonchev–Trinajstić information content (AvgIpc) is 3.16. The first-order valence-electron chi connectivity index (χ1n) is 9.52. The lowest BCUT2D eigenvalue weighted by atomic mass is 10.1. The minimum absolute atomic E-state index is 0.111. The standard InChI is InChI=1S/C21H19ClN4O6/c22-16-9-5-4-8-15(16)20(30)25-26-11-14(10-18(26)28)21(31)32-12-17(27)23-24-19(29)13-6-2-1-3-7-13/h1-9,14H,10-12H2,(H,23,27)(H,24,29)(H,25,30)/t14-/m1/s1. The first-order valence-corrected chi connectivity index (χ1v) is 9.89. The molecule has 1 heterocycles. The van der Waals surface area contributed by atoms with Gasteiger partial charge >= 0.3 is 5.97 Å². The fourth-order valence-corrected chi connectivity index (χ4v) is 3.10. The quantitative estimate of drug-likeness (QED) is 0.434. The second-order valence-electron chi connectivity index (χ2n) is 6.80. The van der Waals surface area contributed by atoms with Crippen LogP contribution in [0.2, 0.25) is 5.02 Å². The van der Waals surface area contributed by atoms with E-state index in [1.807, 2.05) is 0 Å². The van der Waals surface area contributed by atoms with E-state index in [0.717, 1.165) is 5.01 Å². The van der Waals surface area contributed by atoms with E-state index < -0.39 is 42.1 Å². The average molecular weight is 459 g/mol. The molecule has 0 radical (unpaired) electrons. The Kier molecular flexibility index (Phi) is 7.40. The van der Waals surface area contributed by atoms with Crippen molar-refractivity contribution in [2.75, 3.05) is 13.2 Å². The Bertz CT molecular complexity index is 1050. The van der Waals surface area contributed by atoms with E-state index in [0.29, 0.717) is 5.56 Å². The third-order valence-electron chi connectivity index (χ3n) is 4.51. The van der Waals surface area contributed by atoms with Gasteiger partial charge in [0, 0.05) is 12.0 Å². The van der Waals surface area contributed by atoms with Crippen LogP contribution in [0.4, 0.5) is 0 Å². The third kappa shape index (κ3) is 5.82. The number of hydrazine groups is 2. The molecule has 1 aliphatic rings. The molecule has 11 heteroatoms. The Hall–Kier alpha value is -3.92. The molecule has 0 saturated carbocycles. The zero-order chi connectivity index (χ0) is 23.1. The van der Waals surface area contributed by atoms with Crippen LogP contribution in [0.25, 0.3) is 0 Å². The van der Waals surface area contributed by atoms with Crippen molar-refractivity contribution in [2.45, 2.75) is 6.42 Å². The van der Waals surface area contributed by atoms with Crippen LogP contribution in [0.5, 0.6) is 0 Å². The molecule has 2 aromatic rings. The SMILES string of the molecule is O=C(COC(=O)[C@@H]1CC(=O)N(NC(=O)c2ccccc2Cl)C1)NNC(=O)c1ccccc1. The molecule has 32 heavy (non-hydrogen) atoms. The fraction of sp³-hybridized carbons (Fsp3) is 0.190. The zero-order valence-electron chi connectivity index (χ0n) is 16.7. The summed E-state index contributed by atoms with van der Waals surface area (Å²) < 4.78 is 4.92. The number of hydrogen-bond donors (Lipinski definition) is 3. The Morgan fingerprint density at radius 1 is 0.969 bits per heavy atom. The molecule has 0 bridgehead atoms. The number of esters is 1. The van der Waals surface area contributed by atoms with Crippen molar-refractivity contribution in [3.63, 3.8) is 0 Å². The van der Waals surface area contributed by atoms with Gasteiger partial charge in [-0.05, 0) is 24.3 Å². The maximum Gasteiger partial charge on any atom is 0.311 e. The molecule has 1 aliphatic heterocycles. The van der Waals surface area contributed by atoms with Crippen molar-refractivity contribution in [3.8, 4) is 0 Å². The van der Waals surface area contributed by atoms with Gasteiger partial charge in [-0.15, -0.1) is 0 Å². The Labute approximate surface area is 187 Å². The van der Waals surface area contributed by atoms with Crippen molar-refractivity contribution < 1.29 is 28.7 Å². The van der Waals surface area contributed by atoms with E-state index in [9.17, 15) is 24.0 Å². The summed E-state index contributed by atoms with van der Waals surface area (Å²) in [7, 11) is 0. The van der Waals surface area contributed by atoms with Crippen molar-refractivity contribution >= 4 is 41.2 Å². The van der Waals surface area contributed by atoms with Gasteiger partial charge in [0.05, 0.1) is 23.0 Å². The number of benzene rings is 2. The maximum absolute atomic E-state index is 12.3. The van der Waals surface area contributed by atoms with Crippen molar-refractivity contribution in [2.24, 2.45) is 5.92 Å². The second-order valence-corrected chi connectivity index (χ2v) is 7.21. The Morgan fingerprint density at radius 2 is 1.66 bits per heavy atom. The first-order chi connectivity index (χ1) is 15.3. The molecule has 2 aromatic carbocycles. The predicted molar refractivity (Wildman–Crippen MR) is 112 cm³/mol. The fourth-order valence-electron chi connectivity index (χ4n) is 2.88. The van der Waals surface area contributed by atoms with E-state index in [4.69, 9.17) is 16.3 Å². The smallest absolute Gasteiger partial charge is 0.311 e. The molecule has 166 valence electrons. The lowest BCUT2D eigenvalue weighted by molar-refractivity contribution is -0.152. The number of carbonyl (C=O) groups excluding carboxylic acids is 5. The summed E-state index contributed by atoms with van der Waals surface area (Å²) in [4.78, 5) is 60.3. The number of halogens is 1. The molecule has 3 rings (SSSR count). The normalized spacial score (nSPS) is 15.1. The molecule has 3 N–H and O–H groups in total. The van der Waals surface area contributed by atoms with Gasteiger partial charge in [-0.2, -0.15) is 0 Å². The van der Waals surface area contributed by atoms with Crippen LogP contribution < -0.4 is 16.3 Å². The number of nitrogens with zero attached hydrogens (tertiary/aromatic N) is 1. The van der Waals surface area contributed by atoms with Crippen molar-refractivity contribution in [1.29, 1.82) is 0 Å². The summed E-state index contributed by atoms with van der Waals surface area (Å²) in [5, 5.41) is 1.23. The Morgan fingerprint density at radius 3 is 2.38 bits per heavy atom. The van der Waals surface area contributed by atoms with E-state index in [-0.39, 0.29) is 23.6 Å². The highest BCUT2D eigenvalue weighted by Gasteiger charge is 2.37. The lowest BCUT2D eigenvalue weighted by Gasteiger charge is -2.18. The van der Waals surface area contributed by atoms with Crippen molar-refractivity contribution in [3.05, 3.63) is 70.7 Å². The Balaban J connectivity index is 1.43. The second kappa shape index (κ2) is 10.4. The summed E-state index contributed by atoms with van der Waals surface area (Å²) >= 11 is 5.97. The van der Waals surface area contributed by atoms with E-state index in [2.05, 4.69) is 16.3 Å². The van der Waals surface area contributed by atoms with Gasteiger partial charge in [0.2, 0.25) is 5.91 Å². The maximum atomic E-state index is 12.3. The van der Waals surface area contributed by atoms with Crippen LogP contribution in [0.1, 0.15) is 27.1 Å². The van der Waals surface area contributed by atoms with Gasteiger partial charge in [0.1, 0.15) is 0 Å². The van der Waals surface area contributed by atoms with Gasteiger partial charge in [-0.3, -0.25) is 45.3 Å².